The zero-order valence-corrected chi connectivity index (χ0v) is 11.4. The Labute approximate surface area is 91.5 Å². The van der Waals surface area contributed by atoms with Crippen LogP contribution in [-0.2, 0) is 0 Å². The third-order valence-electron chi connectivity index (χ3n) is 4.63. The first-order chi connectivity index (χ1) is 6.40. The Morgan fingerprint density at radius 3 is 1.71 bits per heavy atom. The van der Waals surface area contributed by atoms with Gasteiger partial charge >= 0.3 is 0 Å². The highest BCUT2D eigenvalue weighted by atomic mass is 14.4. The molecule has 3 unspecified atom stereocenters. The van der Waals surface area contributed by atoms with Gasteiger partial charge < -0.3 is 0 Å². The topological polar surface area (TPSA) is 0 Å². The maximum absolute atomic E-state index is 2.45. The first-order valence-corrected chi connectivity index (χ1v) is 6.40. The van der Waals surface area contributed by atoms with E-state index in [1.54, 1.807) is 0 Å². The van der Waals surface area contributed by atoms with Crippen LogP contribution in [0.3, 0.4) is 0 Å². The molecule has 0 radical (unpaired) electrons. The van der Waals surface area contributed by atoms with Crippen LogP contribution in [0.5, 0.6) is 0 Å². The van der Waals surface area contributed by atoms with Gasteiger partial charge in [0, 0.05) is 0 Å². The van der Waals surface area contributed by atoms with E-state index in [4.69, 9.17) is 0 Å². The highest BCUT2D eigenvalue weighted by molar-refractivity contribution is 4.81. The fraction of sp³-hybridized carbons (Fsp3) is 1.00. The molecule has 0 amide bonds. The Bertz CT molecular complexity index is 146. The van der Waals surface area contributed by atoms with Gasteiger partial charge in [-0.05, 0) is 23.2 Å². The van der Waals surface area contributed by atoms with Gasteiger partial charge in [-0.3, -0.25) is 0 Å². The monoisotopic (exact) mass is 198 g/mol. The Morgan fingerprint density at radius 2 is 1.43 bits per heavy atom. The van der Waals surface area contributed by atoms with Gasteiger partial charge in [-0.15, -0.1) is 0 Å². The first-order valence-electron chi connectivity index (χ1n) is 6.40. The Hall–Kier alpha value is 0. The zero-order chi connectivity index (χ0) is 11.4. The lowest BCUT2D eigenvalue weighted by atomic mass is 9.66. The summed E-state index contributed by atoms with van der Waals surface area (Å²) in [5.74, 6) is 2.61. The van der Waals surface area contributed by atoms with Crippen molar-refractivity contribution in [3.8, 4) is 0 Å². The molecule has 0 N–H and O–H groups in total. The summed E-state index contributed by atoms with van der Waals surface area (Å²) in [7, 11) is 0. The predicted molar refractivity (Wildman–Crippen MR) is 66.5 cm³/mol. The summed E-state index contributed by atoms with van der Waals surface area (Å²) in [4.78, 5) is 0. The van der Waals surface area contributed by atoms with Crippen molar-refractivity contribution >= 4 is 0 Å². The molecule has 0 rings (SSSR count). The fourth-order valence-electron chi connectivity index (χ4n) is 2.45. The molecule has 0 aromatic carbocycles. The predicted octanol–water partition coefficient (Wildman–Crippen LogP) is 5.13. The molecular weight excluding hydrogens is 168 g/mol. The van der Waals surface area contributed by atoms with E-state index < -0.39 is 0 Å². The molecule has 14 heavy (non-hydrogen) atoms. The lowest BCUT2D eigenvalue weighted by molar-refractivity contribution is 0.107. The summed E-state index contributed by atoms with van der Waals surface area (Å²) >= 11 is 0. The van der Waals surface area contributed by atoms with Crippen molar-refractivity contribution in [3.05, 3.63) is 0 Å². The second-order valence-electron chi connectivity index (χ2n) is 5.59. The Balaban J connectivity index is 4.52. The highest BCUT2D eigenvalue weighted by Crippen LogP contribution is 2.40. The van der Waals surface area contributed by atoms with Crippen molar-refractivity contribution in [1.29, 1.82) is 0 Å². The lowest BCUT2D eigenvalue weighted by Gasteiger charge is -2.39. The van der Waals surface area contributed by atoms with Crippen LogP contribution in [0.15, 0.2) is 0 Å². The van der Waals surface area contributed by atoms with Gasteiger partial charge in [0.25, 0.3) is 0 Å². The summed E-state index contributed by atoms with van der Waals surface area (Å²) in [5, 5.41) is 0. The van der Waals surface area contributed by atoms with Crippen molar-refractivity contribution in [1.82, 2.24) is 0 Å². The third kappa shape index (κ3) is 3.29. The van der Waals surface area contributed by atoms with Gasteiger partial charge in [-0.25, -0.2) is 0 Å². The van der Waals surface area contributed by atoms with Crippen LogP contribution in [-0.4, -0.2) is 0 Å². The quantitative estimate of drug-likeness (QED) is 0.555. The zero-order valence-electron chi connectivity index (χ0n) is 11.4. The molecule has 0 aliphatic rings. The molecule has 0 saturated heterocycles. The smallest absolute Gasteiger partial charge is 0.0328 e. The van der Waals surface area contributed by atoms with E-state index >= 15 is 0 Å². The van der Waals surface area contributed by atoms with Gasteiger partial charge in [0.15, 0.2) is 0 Å². The van der Waals surface area contributed by atoms with Crippen LogP contribution in [0.1, 0.15) is 67.7 Å². The third-order valence-corrected chi connectivity index (χ3v) is 4.63. The van der Waals surface area contributed by atoms with Crippen molar-refractivity contribution in [2.75, 3.05) is 0 Å². The van der Waals surface area contributed by atoms with Gasteiger partial charge in [0.2, 0.25) is 0 Å². The molecule has 0 aromatic rings. The van der Waals surface area contributed by atoms with Crippen molar-refractivity contribution in [2.24, 2.45) is 23.2 Å². The minimum absolute atomic E-state index is 0.504. The Morgan fingerprint density at radius 1 is 0.929 bits per heavy atom. The number of rotatable bonds is 6. The standard InChI is InChI=1S/C14H30/c1-8-11(4)13(9-2)12(5)14(6,7)10-3/h11-13H,8-10H2,1-7H3. The molecule has 0 bridgehead atoms. The van der Waals surface area contributed by atoms with Gasteiger partial charge in [-0.2, -0.15) is 0 Å². The van der Waals surface area contributed by atoms with E-state index in [9.17, 15) is 0 Å². The summed E-state index contributed by atoms with van der Waals surface area (Å²) in [6.45, 7) is 16.7. The molecular formula is C14H30. The van der Waals surface area contributed by atoms with E-state index in [-0.39, 0.29) is 0 Å². The number of hydrogen-bond acceptors (Lipinski definition) is 0. The van der Waals surface area contributed by atoms with Crippen LogP contribution in [0.25, 0.3) is 0 Å². The SMILES string of the molecule is CCC(C)C(CC)C(C)C(C)(C)CC. The highest BCUT2D eigenvalue weighted by Gasteiger charge is 2.31. The summed E-state index contributed by atoms with van der Waals surface area (Å²) in [6.07, 6.45) is 3.95. The minimum atomic E-state index is 0.504. The second kappa shape index (κ2) is 5.78. The summed E-state index contributed by atoms with van der Waals surface area (Å²) < 4.78 is 0. The molecule has 0 aliphatic carbocycles. The second-order valence-corrected chi connectivity index (χ2v) is 5.59. The van der Waals surface area contributed by atoms with E-state index in [0.29, 0.717) is 5.41 Å². The van der Waals surface area contributed by atoms with E-state index in [1.165, 1.54) is 19.3 Å². The molecule has 86 valence electrons. The molecule has 3 atom stereocenters. The van der Waals surface area contributed by atoms with Crippen LogP contribution in [0.2, 0.25) is 0 Å². The normalized spacial score (nSPS) is 19.1. The molecule has 0 aromatic heterocycles. The molecule has 0 heteroatoms. The van der Waals surface area contributed by atoms with Crippen LogP contribution >= 0.6 is 0 Å². The maximum atomic E-state index is 2.45. The maximum Gasteiger partial charge on any atom is -0.0328 e. The van der Waals surface area contributed by atoms with Crippen LogP contribution in [0, 0.1) is 23.2 Å². The number of hydrogen-bond donors (Lipinski definition) is 0. The molecule has 0 spiro atoms. The average molecular weight is 198 g/mol. The molecule has 0 aliphatic heterocycles. The van der Waals surface area contributed by atoms with Crippen LogP contribution < -0.4 is 0 Å². The van der Waals surface area contributed by atoms with Gasteiger partial charge in [0.05, 0.1) is 0 Å². The molecule has 0 nitrogen and oxygen atoms in total. The van der Waals surface area contributed by atoms with Crippen molar-refractivity contribution in [3.63, 3.8) is 0 Å². The van der Waals surface area contributed by atoms with E-state index in [1.807, 2.05) is 0 Å². The van der Waals surface area contributed by atoms with E-state index in [0.717, 1.165) is 17.8 Å². The summed E-state index contributed by atoms with van der Waals surface area (Å²) in [5.41, 5.74) is 0.504. The lowest BCUT2D eigenvalue weighted by Crippen LogP contribution is -2.31. The van der Waals surface area contributed by atoms with Crippen LogP contribution in [0.4, 0.5) is 0 Å². The minimum Gasteiger partial charge on any atom is -0.0651 e. The average Bonchev–Trinajstić information content (AvgIpc) is 2.18. The van der Waals surface area contributed by atoms with Gasteiger partial charge in [0.1, 0.15) is 0 Å². The largest absolute Gasteiger partial charge is 0.0651 e. The first kappa shape index (κ1) is 14.0. The molecule has 0 heterocycles. The fourth-order valence-corrected chi connectivity index (χ4v) is 2.45. The molecule has 0 saturated carbocycles. The van der Waals surface area contributed by atoms with E-state index in [2.05, 4.69) is 48.5 Å². The van der Waals surface area contributed by atoms with Crippen molar-refractivity contribution < 1.29 is 0 Å². The Kier molecular flexibility index (Phi) is 5.78. The van der Waals surface area contributed by atoms with Crippen molar-refractivity contribution in [2.45, 2.75) is 67.7 Å². The molecule has 0 fully saturated rings. The van der Waals surface area contributed by atoms with Gasteiger partial charge in [-0.1, -0.05) is 67.7 Å². The summed E-state index contributed by atoms with van der Waals surface area (Å²) in [6, 6.07) is 0.